The molecule has 0 aliphatic carbocycles. The van der Waals surface area contributed by atoms with Crippen LogP contribution in [0.2, 0.25) is 0 Å². The van der Waals surface area contributed by atoms with Gasteiger partial charge in [-0.2, -0.15) is 0 Å². The molecule has 0 aromatic carbocycles. The van der Waals surface area contributed by atoms with Crippen molar-refractivity contribution in [1.29, 1.82) is 0 Å². The van der Waals surface area contributed by atoms with Gasteiger partial charge in [0.25, 0.3) is 5.91 Å². The van der Waals surface area contributed by atoms with E-state index in [0.717, 1.165) is 18.5 Å². The third-order valence-electron chi connectivity index (χ3n) is 4.23. The van der Waals surface area contributed by atoms with E-state index in [-0.39, 0.29) is 11.9 Å². The summed E-state index contributed by atoms with van der Waals surface area (Å²) >= 11 is 0. The summed E-state index contributed by atoms with van der Waals surface area (Å²) in [6.07, 6.45) is 4.42. The van der Waals surface area contributed by atoms with Crippen LogP contribution in [0.15, 0.2) is 29.0 Å². The molecule has 4 rings (SSSR count). The van der Waals surface area contributed by atoms with E-state index in [2.05, 4.69) is 15.2 Å². The molecular formula is C14H15N3O2. The molecule has 0 spiro atoms. The zero-order valence-electron chi connectivity index (χ0n) is 10.5. The van der Waals surface area contributed by atoms with Crippen LogP contribution in [0.5, 0.6) is 0 Å². The fourth-order valence-corrected chi connectivity index (χ4v) is 3.24. The molecule has 19 heavy (non-hydrogen) atoms. The molecule has 2 saturated heterocycles. The highest BCUT2D eigenvalue weighted by atomic mass is 16.3. The van der Waals surface area contributed by atoms with Crippen LogP contribution in [-0.4, -0.2) is 41.5 Å². The first-order chi connectivity index (χ1) is 9.31. The number of piperidine rings is 1. The number of amides is 1. The van der Waals surface area contributed by atoms with Gasteiger partial charge in [0, 0.05) is 30.7 Å². The van der Waals surface area contributed by atoms with Crippen LogP contribution in [0.1, 0.15) is 16.9 Å². The van der Waals surface area contributed by atoms with E-state index in [9.17, 15) is 4.79 Å². The predicted molar refractivity (Wildman–Crippen MR) is 69.8 cm³/mol. The molecule has 1 N–H and O–H groups in total. The number of hydrogen-bond donors (Lipinski definition) is 1. The number of carbonyl (C=O) groups is 1. The van der Waals surface area contributed by atoms with Crippen LogP contribution >= 0.6 is 0 Å². The van der Waals surface area contributed by atoms with Crippen molar-refractivity contribution in [3.63, 3.8) is 0 Å². The molecule has 2 aliphatic rings. The minimum atomic E-state index is -0.126. The van der Waals surface area contributed by atoms with E-state index in [1.54, 1.807) is 12.5 Å². The maximum Gasteiger partial charge on any atom is 0.274 e. The monoisotopic (exact) mass is 257 g/mol. The summed E-state index contributed by atoms with van der Waals surface area (Å²) in [6.45, 7) is 3.25. The molecule has 0 saturated carbocycles. The largest absolute Gasteiger partial charge is 0.462 e. The zero-order valence-corrected chi connectivity index (χ0v) is 10.5. The molecule has 4 heterocycles. The van der Waals surface area contributed by atoms with E-state index < -0.39 is 0 Å². The third-order valence-corrected chi connectivity index (χ3v) is 4.23. The minimum Gasteiger partial charge on any atom is -0.462 e. The number of hydrogen-bond acceptors (Lipinski definition) is 4. The summed E-state index contributed by atoms with van der Waals surface area (Å²) in [6, 6.07) is 3.95. The Bertz CT molecular complexity index is 636. The topological polar surface area (TPSA) is 58.4 Å². The lowest BCUT2D eigenvalue weighted by Gasteiger charge is -2.22. The Balaban J connectivity index is 1.59. The molecule has 2 bridgehead atoms. The van der Waals surface area contributed by atoms with Crippen molar-refractivity contribution in [3.8, 4) is 0 Å². The smallest absolute Gasteiger partial charge is 0.274 e. The summed E-state index contributed by atoms with van der Waals surface area (Å²) < 4.78 is 5.36. The molecule has 2 aliphatic heterocycles. The highest BCUT2D eigenvalue weighted by Crippen LogP contribution is 2.28. The van der Waals surface area contributed by atoms with Crippen LogP contribution < -0.4 is 5.32 Å². The second-order valence-corrected chi connectivity index (χ2v) is 5.39. The van der Waals surface area contributed by atoms with Crippen LogP contribution in [0, 0.1) is 5.92 Å². The van der Waals surface area contributed by atoms with Crippen molar-refractivity contribution >= 4 is 16.9 Å². The Morgan fingerprint density at radius 3 is 3.16 bits per heavy atom. The highest BCUT2D eigenvalue weighted by Gasteiger charge is 2.39. The fraction of sp³-hybridized carbons (Fsp3) is 0.429. The van der Waals surface area contributed by atoms with Crippen molar-refractivity contribution in [3.05, 3.63) is 30.3 Å². The van der Waals surface area contributed by atoms with Gasteiger partial charge in [0.2, 0.25) is 0 Å². The van der Waals surface area contributed by atoms with Crippen molar-refractivity contribution in [2.45, 2.75) is 12.5 Å². The average molecular weight is 257 g/mol. The number of pyridine rings is 1. The maximum atomic E-state index is 12.3. The lowest BCUT2D eigenvalue weighted by Crippen LogP contribution is -2.43. The number of aromatic nitrogens is 1. The van der Waals surface area contributed by atoms with Crippen molar-refractivity contribution in [1.82, 2.24) is 15.2 Å². The quantitative estimate of drug-likeness (QED) is 0.880. The summed E-state index contributed by atoms with van der Waals surface area (Å²) in [4.78, 5) is 18.9. The lowest BCUT2D eigenvalue weighted by atomic mass is 10.00. The molecule has 2 unspecified atom stereocenters. The number of nitrogens with zero attached hydrogens (tertiary/aromatic N) is 2. The van der Waals surface area contributed by atoms with Crippen molar-refractivity contribution in [2.75, 3.05) is 19.6 Å². The van der Waals surface area contributed by atoms with Gasteiger partial charge in [-0.1, -0.05) is 0 Å². The first kappa shape index (κ1) is 11.0. The van der Waals surface area contributed by atoms with Crippen LogP contribution in [0.3, 0.4) is 0 Å². The van der Waals surface area contributed by atoms with Gasteiger partial charge in [0.05, 0.1) is 6.26 Å². The van der Waals surface area contributed by atoms with Gasteiger partial charge in [0.1, 0.15) is 0 Å². The molecule has 2 fully saturated rings. The summed E-state index contributed by atoms with van der Waals surface area (Å²) in [7, 11) is 0. The molecule has 0 radical (unpaired) electrons. The zero-order chi connectivity index (χ0) is 12.8. The maximum absolute atomic E-state index is 12.3. The molecule has 98 valence electrons. The Morgan fingerprint density at radius 2 is 2.37 bits per heavy atom. The predicted octanol–water partition coefficient (Wildman–Crippen LogP) is 1.26. The number of furan rings is 1. The van der Waals surface area contributed by atoms with E-state index in [0.29, 0.717) is 17.2 Å². The van der Waals surface area contributed by atoms with Gasteiger partial charge in [-0.05, 0) is 31.0 Å². The molecule has 5 heteroatoms. The molecule has 1 amide bonds. The first-order valence-corrected chi connectivity index (χ1v) is 6.67. The molecule has 2 aromatic heterocycles. The van der Waals surface area contributed by atoms with Crippen molar-refractivity contribution in [2.24, 2.45) is 5.92 Å². The van der Waals surface area contributed by atoms with Gasteiger partial charge in [-0.25, -0.2) is 4.98 Å². The van der Waals surface area contributed by atoms with E-state index in [1.807, 2.05) is 12.1 Å². The number of rotatable bonds is 2. The Morgan fingerprint density at radius 1 is 1.42 bits per heavy atom. The summed E-state index contributed by atoms with van der Waals surface area (Å²) in [5.74, 6) is 0.471. The molecule has 5 nitrogen and oxygen atoms in total. The van der Waals surface area contributed by atoms with E-state index >= 15 is 0 Å². The number of carbonyl (C=O) groups excluding carboxylic acids is 1. The van der Waals surface area contributed by atoms with E-state index in [4.69, 9.17) is 4.42 Å². The van der Waals surface area contributed by atoms with Crippen LogP contribution in [0.4, 0.5) is 0 Å². The van der Waals surface area contributed by atoms with Crippen LogP contribution in [0.25, 0.3) is 11.0 Å². The highest BCUT2D eigenvalue weighted by molar-refractivity contribution is 6.03. The molecule has 2 aromatic rings. The Hall–Kier alpha value is -1.88. The van der Waals surface area contributed by atoms with Gasteiger partial charge in [-0.3, -0.25) is 4.79 Å². The summed E-state index contributed by atoms with van der Waals surface area (Å²) in [5, 5.41) is 4.02. The van der Waals surface area contributed by atoms with E-state index in [1.165, 1.54) is 13.0 Å². The Kier molecular flexibility index (Phi) is 2.35. The van der Waals surface area contributed by atoms with Crippen molar-refractivity contribution < 1.29 is 9.21 Å². The van der Waals surface area contributed by atoms with Gasteiger partial charge >= 0.3 is 0 Å². The number of fused-ring (bicyclic) bond motifs is 3. The van der Waals surface area contributed by atoms with Gasteiger partial charge in [-0.15, -0.1) is 0 Å². The minimum absolute atomic E-state index is 0.126. The number of nitrogens with one attached hydrogen (secondary N) is 1. The lowest BCUT2D eigenvalue weighted by molar-refractivity contribution is 0.0920. The Labute approximate surface area is 110 Å². The molecular weight excluding hydrogens is 242 g/mol. The molecule has 3 atom stereocenters. The van der Waals surface area contributed by atoms with Gasteiger partial charge < -0.3 is 14.6 Å². The fourth-order valence-electron chi connectivity index (χ4n) is 3.24. The second kappa shape index (κ2) is 4.06. The average Bonchev–Trinajstić information content (AvgIpc) is 3.13. The van der Waals surface area contributed by atoms with Gasteiger partial charge in [0.15, 0.2) is 11.3 Å². The third kappa shape index (κ3) is 1.73. The first-order valence-electron chi connectivity index (χ1n) is 6.67. The standard InChI is InChI=1S/C14H15N3O2/c18-14(16-11-8-17-5-2-10(11)7-17)12-13-9(1-4-15-12)3-6-19-13/h1,3-4,6,10-11H,2,5,7-8H2,(H,16,18)/t10-,11?/m1/s1. The normalized spacial score (nSPS) is 28.9. The SMILES string of the molecule is O=C(NC1CN2CC[C@@H]1C2)c1nccc2ccoc12. The second-order valence-electron chi connectivity index (χ2n) is 5.39. The van der Waals surface area contributed by atoms with Crippen LogP contribution in [-0.2, 0) is 0 Å². The summed E-state index contributed by atoms with van der Waals surface area (Å²) in [5.41, 5.74) is 0.962.